The van der Waals surface area contributed by atoms with Crippen LogP contribution in [-0.2, 0) is 5.41 Å². The van der Waals surface area contributed by atoms with Crippen LogP contribution in [0, 0.1) is 0 Å². The third-order valence-electron chi connectivity index (χ3n) is 4.80. The van der Waals surface area contributed by atoms with Crippen LogP contribution in [-0.4, -0.2) is 9.97 Å². The molecule has 0 bridgehead atoms. The summed E-state index contributed by atoms with van der Waals surface area (Å²) in [6.45, 7) is 6.72. The van der Waals surface area contributed by atoms with Gasteiger partial charge < -0.3 is 4.98 Å². The molecule has 0 aliphatic heterocycles. The molecular weight excluding hydrogens is 328 g/mol. The summed E-state index contributed by atoms with van der Waals surface area (Å²) in [5.41, 5.74) is 6.79. The standard InChI is InChI=1S/C25H24N2/c1-25(2,3)21-17-11-10-16-20(21)24-26-22(18-12-6-4-7-13-18)23(27-24)19-14-8-5-9-15-19/h4-17H,1-3H3,(H,26,27). The SMILES string of the molecule is CC(C)(C)c1ccccc1-c1nc(-c2ccccc2)c(-c2ccccc2)[nH]1. The molecule has 0 saturated carbocycles. The van der Waals surface area contributed by atoms with E-state index in [2.05, 4.69) is 98.6 Å². The van der Waals surface area contributed by atoms with Crippen molar-refractivity contribution in [3.05, 3.63) is 90.5 Å². The van der Waals surface area contributed by atoms with Gasteiger partial charge in [0.15, 0.2) is 0 Å². The van der Waals surface area contributed by atoms with Crippen molar-refractivity contribution < 1.29 is 0 Å². The number of aromatic nitrogens is 2. The smallest absolute Gasteiger partial charge is 0.138 e. The van der Waals surface area contributed by atoms with Crippen LogP contribution in [0.15, 0.2) is 84.9 Å². The monoisotopic (exact) mass is 352 g/mol. The summed E-state index contributed by atoms with van der Waals surface area (Å²) in [5, 5.41) is 0. The highest BCUT2D eigenvalue weighted by atomic mass is 14.9. The number of aromatic amines is 1. The molecule has 4 rings (SSSR count). The fourth-order valence-electron chi connectivity index (χ4n) is 3.46. The molecule has 1 N–H and O–H groups in total. The van der Waals surface area contributed by atoms with Gasteiger partial charge in [-0.2, -0.15) is 0 Å². The maximum absolute atomic E-state index is 5.05. The fourth-order valence-corrected chi connectivity index (χ4v) is 3.46. The van der Waals surface area contributed by atoms with Gasteiger partial charge in [0.2, 0.25) is 0 Å². The van der Waals surface area contributed by atoms with Crippen molar-refractivity contribution in [2.45, 2.75) is 26.2 Å². The number of H-pyrrole nitrogens is 1. The molecular formula is C25H24N2. The van der Waals surface area contributed by atoms with Gasteiger partial charge in [-0.15, -0.1) is 0 Å². The first-order valence-electron chi connectivity index (χ1n) is 9.35. The molecule has 0 spiro atoms. The lowest BCUT2D eigenvalue weighted by atomic mass is 9.83. The van der Waals surface area contributed by atoms with E-state index < -0.39 is 0 Å². The molecule has 27 heavy (non-hydrogen) atoms. The molecule has 134 valence electrons. The van der Waals surface area contributed by atoms with Gasteiger partial charge in [0.1, 0.15) is 5.82 Å². The number of hydrogen-bond donors (Lipinski definition) is 1. The molecule has 2 nitrogen and oxygen atoms in total. The number of nitrogens with zero attached hydrogens (tertiary/aromatic N) is 1. The van der Waals surface area contributed by atoms with E-state index >= 15 is 0 Å². The van der Waals surface area contributed by atoms with Crippen molar-refractivity contribution in [3.63, 3.8) is 0 Å². The molecule has 0 aliphatic carbocycles. The van der Waals surface area contributed by atoms with E-state index in [1.54, 1.807) is 0 Å². The third-order valence-corrected chi connectivity index (χ3v) is 4.80. The zero-order valence-corrected chi connectivity index (χ0v) is 16.0. The van der Waals surface area contributed by atoms with Crippen molar-refractivity contribution in [2.24, 2.45) is 0 Å². The summed E-state index contributed by atoms with van der Waals surface area (Å²) in [6, 6.07) is 29.3. The van der Waals surface area contributed by atoms with Gasteiger partial charge in [0.25, 0.3) is 0 Å². The molecule has 0 saturated heterocycles. The highest BCUT2D eigenvalue weighted by molar-refractivity contribution is 5.81. The molecule has 0 aliphatic rings. The van der Waals surface area contributed by atoms with Gasteiger partial charge in [0, 0.05) is 16.7 Å². The predicted octanol–water partition coefficient (Wildman–Crippen LogP) is 6.71. The number of benzene rings is 3. The van der Waals surface area contributed by atoms with E-state index in [0.717, 1.165) is 33.9 Å². The van der Waals surface area contributed by atoms with E-state index in [1.807, 2.05) is 12.1 Å². The number of hydrogen-bond acceptors (Lipinski definition) is 1. The maximum Gasteiger partial charge on any atom is 0.138 e. The van der Waals surface area contributed by atoms with Crippen LogP contribution in [0.25, 0.3) is 33.9 Å². The zero-order chi connectivity index (χ0) is 18.9. The van der Waals surface area contributed by atoms with Crippen molar-refractivity contribution in [2.75, 3.05) is 0 Å². The van der Waals surface area contributed by atoms with Gasteiger partial charge in [-0.1, -0.05) is 106 Å². The van der Waals surface area contributed by atoms with Gasteiger partial charge in [-0.25, -0.2) is 4.98 Å². The molecule has 1 aromatic heterocycles. The van der Waals surface area contributed by atoms with Crippen molar-refractivity contribution in [3.8, 4) is 33.9 Å². The Balaban J connectivity index is 1.94. The summed E-state index contributed by atoms with van der Waals surface area (Å²) in [5.74, 6) is 0.915. The number of imidazole rings is 1. The van der Waals surface area contributed by atoms with Crippen LogP contribution in [0.1, 0.15) is 26.3 Å². The van der Waals surface area contributed by atoms with Crippen LogP contribution in [0.5, 0.6) is 0 Å². The van der Waals surface area contributed by atoms with E-state index in [-0.39, 0.29) is 5.41 Å². The minimum atomic E-state index is 0.0448. The van der Waals surface area contributed by atoms with Gasteiger partial charge in [-0.3, -0.25) is 0 Å². The van der Waals surface area contributed by atoms with E-state index in [1.165, 1.54) is 5.56 Å². The van der Waals surface area contributed by atoms with E-state index in [0.29, 0.717) is 0 Å². The first-order chi connectivity index (χ1) is 13.0. The molecule has 0 amide bonds. The van der Waals surface area contributed by atoms with Crippen LogP contribution >= 0.6 is 0 Å². The van der Waals surface area contributed by atoms with Crippen molar-refractivity contribution >= 4 is 0 Å². The lowest BCUT2D eigenvalue weighted by Gasteiger charge is -2.21. The summed E-state index contributed by atoms with van der Waals surface area (Å²) >= 11 is 0. The molecule has 4 aromatic rings. The first kappa shape index (κ1) is 17.3. The Kier molecular flexibility index (Phi) is 4.41. The van der Waals surface area contributed by atoms with Crippen molar-refractivity contribution in [1.29, 1.82) is 0 Å². The summed E-state index contributed by atoms with van der Waals surface area (Å²) in [6.07, 6.45) is 0. The molecule has 0 radical (unpaired) electrons. The lowest BCUT2D eigenvalue weighted by Crippen LogP contribution is -2.12. The molecule has 1 heterocycles. The Morgan fingerprint density at radius 3 is 1.85 bits per heavy atom. The third kappa shape index (κ3) is 3.43. The van der Waals surface area contributed by atoms with Crippen LogP contribution in [0.3, 0.4) is 0 Å². The molecule has 0 atom stereocenters. The number of nitrogens with one attached hydrogen (secondary N) is 1. The fraction of sp³-hybridized carbons (Fsp3) is 0.160. The second-order valence-corrected chi connectivity index (χ2v) is 7.84. The normalized spacial score (nSPS) is 11.5. The first-order valence-corrected chi connectivity index (χ1v) is 9.35. The Hall–Kier alpha value is -3.13. The minimum Gasteiger partial charge on any atom is -0.337 e. The summed E-state index contributed by atoms with van der Waals surface area (Å²) in [7, 11) is 0. The summed E-state index contributed by atoms with van der Waals surface area (Å²) < 4.78 is 0. The number of rotatable bonds is 3. The molecule has 2 heteroatoms. The molecule has 0 fully saturated rings. The van der Waals surface area contributed by atoms with Crippen LogP contribution in [0.2, 0.25) is 0 Å². The van der Waals surface area contributed by atoms with E-state index in [4.69, 9.17) is 4.98 Å². The highest BCUT2D eigenvalue weighted by Gasteiger charge is 2.22. The largest absolute Gasteiger partial charge is 0.337 e. The average molecular weight is 352 g/mol. The second-order valence-electron chi connectivity index (χ2n) is 7.84. The van der Waals surface area contributed by atoms with Crippen LogP contribution in [0.4, 0.5) is 0 Å². The quantitative estimate of drug-likeness (QED) is 0.436. The Morgan fingerprint density at radius 2 is 1.22 bits per heavy atom. The Morgan fingerprint density at radius 1 is 0.667 bits per heavy atom. The van der Waals surface area contributed by atoms with Crippen molar-refractivity contribution in [1.82, 2.24) is 9.97 Å². The Bertz CT molecular complexity index is 982. The minimum absolute atomic E-state index is 0.0448. The average Bonchev–Trinajstić information content (AvgIpc) is 3.14. The van der Waals surface area contributed by atoms with Gasteiger partial charge >= 0.3 is 0 Å². The van der Waals surface area contributed by atoms with Gasteiger partial charge in [-0.05, 0) is 11.0 Å². The lowest BCUT2D eigenvalue weighted by molar-refractivity contribution is 0.591. The van der Waals surface area contributed by atoms with E-state index in [9.17, 15) is 0 Å². The highest BCUT2D eigenvalue weighted by Crippen LogP contribution is 2.36. The maximum atomic E-state index is 5.05. The van der Waals surface area contributed by atoms with Crippen LogP contribution < -0.4 is 0 Å². The summed E-state index contributed by atoms with van der Waals surface area (Å²) in [4.78, 5) is 8.66. The topological polar surface area (TPSA) is 28.7 Å². The van der Waals surface area contributed by atoms with Gasteiger partial charge in [0.05, 0.1) is 11.4 Å². The predicted molar refractivity (Wildman–Crippen MR) is 114 cm³/mol. The second kappa shape index (κ2) is 6.88. The zero-order valence-electron chi connectivity index (χ0n) is 16.0. The Labute approximate surface area is 160 Å². The molecule has 3 aromatic carbocycles. The molecule has 0 unspecified atom stereocenters.